The van der Waals surface area contributed by atoms with Gasteiger partial charge in [-0.15, -0.1) is 0 Å². The lowest BCUT2D eigenvalue weighted by atomic mass is 9.92. The lowest BCUT2D eigenvalue weighted by Gasteiger charge is -2.26. The number of carbonyl (C=O) groups is 1. The van der Waals surface area contributed by atoms with Crippen LogP contribution in [0.2, 0.25) is 0 Å². The van der Waals surface area contributed by atoms with Crippen molar-refractivity contribution in [1.82, 2.24) is 9.88 Å². The predicted molar refractivity (Wildman–Crippen MR) is 130 cm³/mol. The first-order valence-corrected chi connectivity index (χ1v) is 10.8. The summed E-state index contributed by atoms with van der Waals surface area (Å²) in [6.45, 7) is 4.04. The Balaban J connectivity index is 1.70. The van der Waals surface area contributed by atoms with Crippen molar-refractivity contribution in [2.75, 3.05) is 14.2 Å². The smallest absolute Gasteiger partial charge is 0.227 e. The molecule has 4 rings (SSSR count). The van der Waals surface area contributed by atoms with Gasteiger partial charge in [-0.25, -0.2) is 0 Å². The van der Waals surface area contributed by atoms with E-state index >= 15 is 0 Å². The molecule has 1 amide bonds. The van der Waals surface area contributed by atoms with E-state index in [0.717, 1.165) is 44.6 Å². The summed E-state index contributed by atoms with van der Waals surface area (Å²) < 4.78 is 5.25. The number of hydrogen-bond acceptors (Lipinski definition) is 3. The Morgan fingerprint density at radius 1 is 0.969 bits per heavy atom. The SMILES string of the molecule is COc1ccc(C(C)N(C)C(=O)Cc2c(C)nc3ccccc3c2-c2ccccc2)cc1. The number of likely N-dealkylation sites (N-methyl/N-ethyl adjacent to an activating group) is 1. The van der Waals surface area contributed by atoms with Crippen LogP contribution in [0.4, 0.5) is 0 Å². The molecule has 32 heavy (non-hydrogen) atoms. The number of methoxy groups -OCH3 is 1. The molecule has 0 fully saturated rings. The zero-order valence-corrected chi connectivity index (χ0v) is 19.0. The molecule has 4 nitrogen and oxygen atoms in total. The molecule has 1 aromatic heterocycles. The van der Waals surface area contributed by atoms with E-state index in [0.29, 0.717) is 6.42 Å². The van der Waals surface area contributed by atoms with Crippen LogP contribution in [-0.4, -0.2) is 29.9 Å². The average molecular weight is 425 g/mol. The van der Waals surface area contributed by atoms with E-state index in [-0.39, 0.29) is 11.9 Å². The number of rotatable bonds is 6. The first-order valence-electron chi connectivity index (χ1n) is 10.8. The average Bonchev–Trinajstić information content (AvgIpc) is 2.84. The van der Waals surface area contributed by atoms with Gasteiger partial charge in [-0.1, -0.05) is 60.7 Å². The van der Waals surface area contributed by atoms with Crippen LogP contribution >= 0.6 is 0 Å². The fourth-order valence-electron chi connectivity index (χ4n) is 4.12. The molecule has 4 aromatic rings. The van der Waals surface area contributed by atoms with Crippen molar-refractivity contribution >= 4 is 16.8 Å². The van der Waals surface area contributed by atoms with E-state index in [2.05, 4.69) is 18.2 Å². The van der Waals surface area contributed by atoms with Gasteiger partial charge in [0.2, 0.25) is 5.91 Å². The van der Waals surface area contributed by atoms with Gasteiger partial charge >= 0.3 is 0 Å². The van der Waals surface area contributed by atoms with Crippen LogP contribution in [0, 0.1) is 6.92 Å². The molecule has 0 aliphatic heterocycles. The molecule has 1 heterocycles. The third-order valence-electron chi connectivity index (χ3n) is 6.16. The molecule has 162 valence electrons. The van der Waals surface area contributed by atoms with Gasteiger partial charge in [0, 0.05) is 18.1 Å². The monoisotopic (exact) mass is 424 g/mol. The molecule has 0 aliphatic rings. The Morgan fingerprint density at radius 2 is 1.62 bits per heavy atom. The van der Waals surface area contributed by atoms with Gasteiger partial charge in [-0.2, -0.15) is 0 Å². The number of ether oxygens (including phenoxy) is 1. The van der Waals surface area contributed by atoms with Crippen molar-refractivity contribution in [2.45, 2.75) is 26.3 Å². The molecule has 1 unspecified atom stereocenters. The molecular weight excluding hydrogens is 396 g/mol. The second-order valence-electron chi connectivity index (χ2n) is 8.06. The third kappa shape index (κ3) is 4.22. The van der Waals surface area contributed by atoms with E-state index in [1.807, 2.05) is 86.5 Å². The molecule has 0 spiro atoms. The summed E-state index contributed by atoms with van der Waals surface area (Å²) in [4.78, 5) is 20.0. The highest BCUT2D eigenvalue weighted by atomic mass is 16.5. The topological polar surface area (TPSA) is 42.4 Å². The molecule has 1 atom stereocenters. The zero-order valence-electron chi connectivity index (χ0n) is 19.0. The van der Waals surface area contributed by atoms with Crippen LogP contribution in [0.1, 0.15) is 29.8 Å². The minimum absolute atomic E-state index is 0.0534. The summed E-state index contributed by atoms with van der Waals surface area (Å²) in [5, 5.41) is 1.07. The first kappa shape index (κ1) is 21.6. The van der Waals surface area contributed by atoms with E-state index in [1.165, 1.54) is 0 Å². The number of hydrogen-bond donors (Lipinski definition) is 0. The van der Waals surface area contributed by atoms with Gasteiger partial charge in [-0.3, -0.25) is 9.78 Å². The number of fused-ring (bicyclic) bond motifs is 1. The van der Waals surface area contributed by atoms with E-state index in [9.17, 15) is 4.79 Å². The predicted octanol–water partition coefficient (Wildman–Crippen LogP) is 5.98. The number of aryl methyl sites for hydroxylation is 1. The Hall–Kier alpha value is -3.66. The number of aromatic nitrogens is 1. The number of carbonyl (C=O) groups excluding carboxylic acids is 1. The maximum absolute atomic E-state index is 13.4. The summed E-state index contributed by atoms with van der Waals surface area (Å²) in [7, 11) is 3.52. The molecule has 0 radical (unpaired) electrons. The molecule has 0 bridgehead atoms. The summed E-state index contributed by atoms with van der Waals surface area (Å²) in [5.41, 5.74) is 6.07. The standard InChI is InChI=1S/C28H28N2O2/c1-19-25(18-27(31)30(3)20(2)21-14-16-23(32-4)17-15-21)28(22-10-6-5-7-11-22)24-12-8-9-13-26(24)29-19/h5-17,20H,18H2,1-4H3. The highest BCUT2D eigenvalue weighted by molar-refractivity contribution is 5.98. The molecule has 4 heteroatoms. The maximum Gasteiger partial charge on any atom is 0.227 e. The number of benzene rings is 3. The van der Waals surface area contributed by atoms with Gasteiger partial charge < -0.3 is 9.64 Å². The fourth-order valence-corrected chi connectivity index (χ4v) is 4.12. The minimum Gasteiger partial charge on any atom is -0.497 e. The van der Waals surface area contributed by atoms with Crippen molar-refractivity contribution in [3.63, 3.8) is 0 Å². The number of nitrogens with zero attached hydrogens (tertiary/aromatic N) is 2. The van der Waals surface area contributed by atoms with Crippen molar-refractivity contribution in [1.29, 1.82) is 0 Å². The summed E-state index contributed by atoms with van der Waals surface area (Å²) in [6.07, 6.45) is 0.297. The zero-order chi connectivity index (χ0) is 22.7. The minimum atomic E-state index is -0.0534. The van der Waals surface area contributed by atoms with Crippen LogP contribution in [0.5, 0.6) is 5.75 Å². The van der Waals surface area contributed by atoms with Crippen molar-refractivity contribution in [3.05, 3.63) is 95.7 Å². The normalized spacial score (nSPS) is 11.9. The number of pyridine rings is 1. The van der Waals surface area contributed by atoms with Crippen LogP contribution < -0.4 is 4.74 Å². The van der Waals surface area contributed by atoms with Gasteiger partial charge in [0.1, 0.15) is 5.75 Å². The van der Waals surface area contributed by atoms with Gasteiger partial charge in [0.25, 0.3) is 0 Å². The molecule has 0 aliphatic carbocycles. The molecular formula is C28H28N2O2. The van der Waals surface area contributed by atoms with Crippen molar-refractivity contribution < 1.29 is 9.53 Å². The Morgan fingerprint density at radius 3 is 2.31 bits per heavy atom. The fraction of sp³-hybridized carbons (Fsp3) is 0.214. The molecule has 3 aromatic carbocycles. The van der Waals surface area contributed by atoms with Crippen LogP contribution in [-0.2, 0) is 11.2 Å². The van der Waals surface area contributed by atoms with Gasteiger partial charge in [-0.05, 0) is 54.3 Å². The molecule has 0 N–H and O–H groups in total. The second-order valence-corrected chi connectivity index (χ2v) is 8.06. The van der Waals surface area contributed by atoms with Crippen LogP contribution in [0.15, 0.2) is 78.9 Å². The maximum atomic E-state index is 13.4. The van der Waals surface area contributed by atoms with Gasteiger partial charge in [0.05, 0.1) is 25.1 Å². The Kier molecular flexibility index (Phi) is 6.22. The second kappa shape index (κ2) is 9.23. The molecule has 0 saturated carbocycles. The summed E-state index contributed by atoms with van der Waals surface area (Å²) in [6, 6.07) is 26.2. The van der Waals surface area contributed by atoms with Crippen LogP contribution in [0.25, 0.3) is 22.0 Å². The van der Waals surface area contributed by atoms with Crippen molar-refractivity contribution in [3.8, 4) is 16.9 Å². The first-order chi connectivity index (χ1) is 15.5. The van der Waals surface area contributed by atoms with Crippen molar-refractivity contribution in [2.24, 2.45) is 0 Å². The largest absolute Gasteiger partial charge is 0.497 e. The third-order valence-corrected chi connectivity index (χ3v) is 6.16. The van der Waals surface area contributed by atoms with E-state index in [1.54, 1.807) is 7.11 Å². The van der Waals surface area contributed by atoms with E-state index in [4.69, 9.17) is 9.72 Å². The van der Waals surface area contributed by atoms with Gasteiger partial charge in [0.15, 0.2) is 0 Å². The van der Waals surface area contributed by atoms with Crippen LogP contribution in [0.3, 0.4) is 0 Å². The Labute approximate surface area is 189 Å². The quantitative estimate of drug-likeness (QED) is 0.382. The highest BCUT2D eigenvalue weighted by Crippen LogP contribution is 2.34. The van der Waals surface area contributed by atoms with E-state index < -0.39 is 0 Å². The number of para-hydroxylation sites is 1. The lowest BCUT2D eigenvalue weighted by Crippen LogP contribution is -2.31. The highest BCUT2D eigenvalue weighted by Gasteiger charge is 2.22. The summed E-state index contributed by atoms with van der Waals surface area (Å²) in [5.74, 6) is 0.867. The summed E-state index contributed by atoms with van der Waals surface area (Å²) >= 11 is 0. The molecule has 0 saturated heterocycles. The number of amides is 1. The Bertz CT molecular complexity index is 1230. The lowest BCUT2D eigenvalue weighted by molar-refractivity contribution is -0.131.